The first-order valence-corrected chi connectivity index (χ1v) is 11.3. The number of rotatable bonds is 7. The summed E-state index contributed by atoms with van der Waals surface area (Å²) < 4.78 is 0. The minimum Gasteiger partial charge on any atom is -0.354 e. The predicted octanol–water partition coefficient (Wildman–Crippen LogP) is 3.93. The maximum Gasteiger partial charge on any atom is 0.229 e. The largest absolute Gasteiger partial charge is 0.354 e. The molecule has 31 heavy (non-hydrogen) atoms. The third kappa shape index (κ3) is 5.32. The van der Waals surface area contributed by atoms with Gasteiger partial charge in [-0.05, 0) is 43.9 Å². The van der Waals surface area contributed by atoms with Gasteiger partial charge in [0, 0.05) is 42.5 Å². The number of carbonyl (C=O) groups is 1. The number of aromatic nitrogens is 2. The lowest BCUT2D eigenvalue weighted by molar-refractivity contribution is -0.125. The third-order valence-electron chi connectivity index (χ3n) is 6.10. The highest BCUT2D eigenvalue weighted by atomic mass is 16.2. The zero-order valence-electron chi connectivity index (χ0n) is 18.1. The van der Waals surface area contributed by atoms with E-state index >= 15 is 0 Å². The monoisotopic (exact) mass is 418 g/mol. The van der Waals surface area contributed by atoms with Gasteiger partial charge in [-0.2, -0.15) is 10.2 Å². The summed E-state index contributed by atoms with van der Waals surface area (Å²) in [5, 5.41) is 15.6. The van der Waals surface area contributed by atoms with Crippen LogP contribution in [0.1, 0.15) is 56.7 Å². The Balaban J connectivity index is 1.47. The number of hydrogen-bond donors (Lipinski definition) is 2. The van der Waals surface area contributed by atoms with E-state index in [1.54, 1.807) is 12.1 Å². The van der Waals surface area contributed by atoms with Crippen LogP contribution in [0, 0.1) is 17.2 Å². The molecule has 4 rings (SSSR count). The molecule has 1 aromatic heterocycles. The summed E-state index contributed by atoms with van der Waals surface area (Å²) in [6.45, 7) is 3.77. The van der Waals surface area contributed by atoms with Crippen LogP contribution in [0.5, 0.6) is 0 Å². The van der Waals surface area contributed by atoms with Gasteiger partial charge in [0.25, 0.3) is 0 Å². The average molecular weight is 419 g/mol. The molecule has 1 saturated heterocycles. The van der Waals surface area contributed by atoms with Crippen molar-refractivity contribution in [3.05, 3.63) is 41.6 Å². The van der Waals surface area contributed by atoms with Gasteiger partial charge in [-0.1, -0.05) is 32.3 Å². The van der Waals surface area contributed by atoms with Gasteiger partial charge in [0.05, 0.1) is 11.6 Å². The lowest BCUT2D eigenvalue weighted by Crippen LogP contribution is -2.40. The van der Waals surface area contributed by atoms with Crippen LogP contribution in [-0.2, 0) is 11.2 Å². The molecule has 0 bridgehead atoms. The van der Waals surface area contributed by atoms with Gasteiger partial charge in [0.1, 0.15) is 5.82 Å². The summed E-state index contributed by atoms with van der Waals surface area (Å²) in [6.07, 6.45) is 7.19. The van der Waals surface area contributed by atoms with Crippen LogP contribution in [-0.4, -0.2) is 35.0 Å². The highest BCUT2D eigenvalue weighted by Gasteiger charge is 2.29. The fraction of sp³-hybridized carbons (Fsp3) is 0.500. The molecule has 7 nitrogen and oxygen atoms in total. The Morgan fingerprint density at radius 1 is 1.23 bits per heavy atom. The van der Waals surface area contributed by atoms with Crippen LogP contribution in [0.2, 0.25) is 0 Å². The first-order valence-electron chi connectivity index (χ1n) is 11.3. The number of benzene rings is 1. The Bertz CT molecular complexity index is 963. The first kappa shape index (κ1) is 21.1. The normalized spacial score (nSPS) is 18.7. The van der Waals surface area contributed by atoms with Gasteiger partial charge >= 0.3 is 0 Å². The fourth-order valence-electron chi connectivity index (χ4n) is 4.47. The van der Waals surface area contributed by atoms with Crippen LogP contribution in [0.25, 0.3) is 0 Å². The van der Waals surface area contributed by atoms with Crippen LogP contribution >= 0.6 is 0 Å². The van der Waals surface area contributed by atoms with E-state index in [0.717, 1.165) is 62.4 Å². The van der Waals surface area contributed by atoms with E-state index < -0.39 is 0 Å². The molecule has 0 radical (unpaired) electrons. The molecular formula is C24H30N6O. The Hall–Kier alpha value is -3.14. The summed E-state index contributed by atoms with van der Waals surface area (Å²) in [6, 6.07) is 11.7. The Labute approximate surface area is 183 Å². The second kappa shape index (κ2) is 9.78. The van der Waals surface area contributed by atoms with Crippen LogP contribution in [0.3, 0.4) is 0 Å². The lowest BCUT2D eigenvalue weighted by atomic mass is 10.1. The summed E-state index contributed by atoms with van der Waals surface area (Å²) >= 11 is 0. The van der Waals surface area contributed by atoms with Crippen LogP contribution in [0.4, 0.5) is 17.5 Å². The van der Waals surface area contributed by atoms with E-state index in [9.17, 15) is 4.79 Å². The first-order chi connectivity index (χ1) is 15.1. The Morgan fingerprint density at radius 2 is 2.06 bits per heavy atom. The molecule has 1 aliphatic carbocycles. The van der Waals surface area contributed by atoms with Crippen molar-refractivity contribution in [2.24, 2.45) is 5.92 Å². The van der Waals surface area contributed by atoms with Gasteiger partial charge in [-0.3, -0.25) is 4.79 Å². The van der Waals surface area contributed by atoms with Crippen molar-refractivity contribution in [2.45, 2.75) is 57.9 Å². The molecule has 0 spiro atoms. The summed E-state index contributed by atoms with van der Waals surface area (Å²) in [5.74, 6) is 1.84. The van der Waals surface area contributed by atoms with Crippen molar-refractivity contribution in [3.8, 4) is 6.07 Å². The van der Waals surface area contributed by atoms with Gasteiger partial charge < -0.3 is 15.5 Å². The second-order valence-corrected chi connectivity index (χ2v) is 8.53. The molecular weight excluding hydrogens is 388 g/mol. The van der Waals surface area contributed by atoms with Crippen LogP contribution in [0.15, 0.2) is 30.3 Å². The Morgan fingerprint density at radius 3 is 2.84 bits per heavy atom. The van der Waals surface area contributed by atoms with E-state index in [1.165, 1.54) is 12.8 Å². The zero-order chi connectivity index (χ0) is 21.6. The molecule has 2 aromatic rings. The summed E-state index contributed by atoms with van der Waals surface area (Å²) in [7, 11) is 0. The van der Waals surface area contributed by atoms with Crippen molar-refractivity contribution in [3.63, 3.8) is 0 Å². The molecule has 2 fully saturated rings. The van der Waals surface area contributed by atoms with Crippen molar-refractivity contribution >= 4 is 23.4 Å². The summed E-state index contributed by atoms with van der Waals surface area (Å²) in [5.41, 5.74) is 2.38. The predicted molar refractivity (Wildman–Crippen MR) is 121 cm³/mol. The molecule has 7 heteroatoms. The maximum absolute atomic E-state index is 12.5. The number of carbonyl (C=O) groups excluding carboxylic acids is 1. The molecule has 162 valence electrons. The zero-order valence-corrected chi connectivity index (χ0v) is 18.1. The minimum atomic E-state index is 0.168. The molecule has 1 aliphatic heterocycles. The SMILES string of the molecule is CCCc1cc(N2CC[C@H](NC(=O)C3CCCC3)C2)nc(Nc2cccc(C#N)c2)n1. The van der Waals surface area contributed by atoms with E-state index in [2.05, 4.69) is 39.6 Å². The van der Waals surface area contributed by atoms with Crippen molar-refractivity contribution < 1.29 is 4.79 Å². The number of amides is 1. The summed E-state index contributed by atoms with van der Waals surface area (Å²) in [4.78, 5) is 24.1. The van der Waals surface area contributed by atoms with Gasteiger partial charge in [0.2, 0.25) is 11.9 Å². The number of nitriles is 1. The van der Waals surface area contributed by atoms with Crippen molar-refractivity contribution in [2.75, 3.05) is 23.3 Å². The molecule has 2 N–H and O–H groups in total. The second-order valence-electron chi connectivity index (χ2n) is 8.53. The molecule has 1 aromatic carbocycles. The van der Waals surface area contributed by atoms with Crippen LogP contribution < -0.4 is 15.5 Å². The quantitative estimate of drug-likeness (QED) is 0.708. The molecule has 0 unspecified atom stereocenters. The van der Waals surface area contributed by atoms with E-state index in [0.29, 0.717) is 11.5 Å². The third-order valence-corrected chi connectivity index (χ3v) is 6.10. The molecule has 2 aliphatic rings. The molecule has 1 atom stereocenters. The number of hydrogen-bond acceptors (Lipinski definition) is 6. The number of nitrogens with one attached hydrogen (secondary N) is 2. The van der Waals surface area contributed by atoms with E-state index in [-0.39, 0.29) is 17.9 Å². The number of nitrogens with zero attached hydrogens (tertiary/aromatic N) is 4. The molecule has 1 saturated carbocycles. The smallest absolute Gasteiger partial charge is 0.229 e. The van der Waals surface area contributed by atoms with Gasteiger partial charge in [0.15, 0.2) is 0 Å². The topological polar surface area (TPSA) is 93.9 Å². The molecule has 1 amide bonds. The number of anilines is 3. The highest BCUT2D eigenvalue weighted by molar-refractivity contribution is 5.79. The maximum atomic E-state index is 12.5. The minimum absolute atomic E-state index is 0.168. The van der Waals surface area contributed by atoms with Gasteiger partial charge in [-0.15, -0.1) is 0 Å². The Kier molecular flexibility index (Phi) is 6.66. The fourth-order valence-corrected chi connectivity index (χ4v) is 4.47. The standard InChI is InChI=1S/C24H30N6O/c1-2-6-19-14-22(29-24(27-19)28-20-10-5-7-17(13-20)15-25)30-12-11-21(16-30)26-23(31)18-8-3-4-9-18/h5,7,10,13-14,18,21H,2-4,6,8-9,11-12,16H2,1H3,(H,26,31)(H,27,28,29)/t21-/m0/s1. The number of aryl methyl sites for hydroxylation is 1. The van der Waals surface area contributed by atoms with Gasteiger partial charge in [-0.25, -0.2) is 4.98 Å². The van der Waals surface area contributed by atoms with E-state index in [4.69, 9.17) is 10.2 Å². The molecule has 2 heterocycles. The van der Waals surface area contributed by atoms with E-state index in [1.807, 2.05) is 12.1 Å². The lowest BCUT2D eigenvalue weighted by Gasteiger charge is -2.20. The highest BCUT2D eigenvalue weighted by Crippen LogP contribution is 2.26. The van der Waals surface area contributed by atoms with Crippen molar-refractivity contribution in [1.82, 2.24) is 15.3 Å². The van der Waals surface area contributed by atoms with Crippen molar-refractivity contribution in [1.29, 1.82) is 5.26 Å². The average Bonchev–Trinajstić information content (AvgIpc) is 3.46.